The van der Waals surface area contributed by atoms with E-state index in [0.29, 0.717) is 10.9 Å². The van der Waals surface area contributed by atoms with Crippen LogP contribution in [0.1, 0.15) is 53.5 Å². The lowest BCUT2D eigenvalue weighted by Gasteiger charge is -2.36. The molecule has 0 bridgehead atoms. The second kappa shape index (κ2) is 10.4. The quantitative estimate of drug-likeness (QED) is 0.489. The first-order valence-corrected chi connectivity index (χ1v) is 10.2. The van der Waals surface area contributed by atoms with Crippen LogP contribution in [0.3, 0.4) is 0 Å². The van der Waals surface area contributed by atoms with E-state index in [1.807, 2.05) is 51.1 Å². The summed E-state index contributed by atoms with van der Waals surface area (Å²) >= 11 is 0. The third-order valence-electron chi connectivity index (χ3n) is 5.16. The smallest absolute Gasteiger partial charge is 0.329 e. The van der Waals surface area contributed by atoms with Gasteiger partial charge in [0.25, 0.3) is 0 Å². The number of esters is 1. The number of nitrogens with one attached hydrogen (secondary N) is 1. The van der Waals surface area contributed by atoms with Crippen LogP contribution in [0.25, 0.3) is 0 Å². The SMILES string of the molecule is C=C(CC(=O)N[C@@H](Cc1ccccc1)C(=O)OC(C)(C)C)[N+](CC)(CC)CC. The Kier molecular flexibility index (Phi) is 8.89. The Morgan fingerprint density at radius 1 is 1.07 bits per heavy atom. The maximum Gasteiger partial charge on any atom is 0.329 e. The number of amides is 1. The summed E-state index contributed by atoms with van der Waals surface area (Å²) < 4.78 is 6.23. The molecule has 0 radical (unpaired) electrons. The van der Waals surface area contributed by atoms with Gasteiger partial charge in [-0.3, -0.25) is 9.28 Å². The lowest BCUT2D eigenvalue weighted by Crippen LogP contribution is -2.49. The maximum atomic E-state index is 12.7. The van der Waals surface area contributed by atoms with E-state index in [9.17, 15) is 9.59 Å². The first-order chi connectivity index (χ1) is 13.1. The van der Waals surface area contributed by atoms with Gasteiger partial charge in [-0.15, -0.1) is 0 Å². The molecule has 1 atom stereocenters. The largest absolute Gasteiger partial charge is 0.458 e. The maximum absolute atomic E-state index is 12.7. The number of nitrogens with zero attached hydrogens (tertiary/aromatic N) is 1. The molecule has 0 aliphatic carbocycles. The van der Waals surface area contributed by atoms with Crippen molar-refractivity contribution in [3.05, 3.63) is 48.2 Å². The minimum absolute atomic E-state index is 0.198. The van der Waals surface area contributed by atoms with Crippen LogP contribution in [0.2, 0.25) is 0 Å². The van der Waals surface area contributed by atoms with Crippen molar-refractivity contribution in [2.75, 3.05) is 19.6 Å². The molecular weight excluding hydrogens is 352 g/mol. The standard InChI is InChI=1S/C23H36N2O3/c1-8-25(9-2,10-3)18(4)16-21(26)24-20(22(27)28-23(5,6)7)17-19-14-12-11-13-15-19/h11-15,20H,4,8-10,16-17H2,1-3,5-7H3/p+1/t20-/m0/s1. The van der Waals surface area contributed by atoms with Crippen LogP contribution in [-0.4, -0.2) is 47.6 Å². The van der Waals surface area contributed by atoms with E-state index in [4.69, 9.17) is 4.74 Å². The minimum Gasteiger partial charge on any atom is -0.458 e. The second-order valence-corrected chi connectivity index (χ2v) is 8.18. The Labute approximate surface area is 170 Å². The normalized spacial score (nSPS) is 12.9. The van der Waals surface area contributed by atoms with Gasteiger partial charge in [-0.2, -0.15) is 0 Å². The van der Waals surface area contributed by atoms with Crippen molar-refractivity contribution in [1.82, 2.24) is 5.32 Å². The van der Waals surface area contributed by atoms with E-state index in [1.54, 1.807) is 0 Å². The number of benzene rings is 1. The van der Waals surface area contributed by atoms with E-state index in [1.165, 1.54) is 0 Å². The van der Waals surface area contributed by atoms with Crippen molar-refractivity contribution in [3.8, 4) is 0 Å². The van der Waals surface area contributed by atoms with Crippen LogP contribution in [0.15, 0.2) is 42.6 Å². The molecule has 156 valence electrons. The van der Waals surface area contributed by atoms with Gasteiger partial charge in [0, 0.05) is 6.42 Å². The molecule has 0 unspecified atom stereocenters. The van der Waals surface area contributed by atoms with Gasteiger partial charge in [-0.1, -0.05) is 30.3 Å². The van der Waals surface area contributed by atoms with Crippen LogP contribution in [0.5, 0.6) is 0 Å². The Hall–Kier alpha value is -2.14. The molecule has 5 heteroatoms. The topological polar surface area (TPSA) is 55.4 Å². The zero-order valence-electron chi connectivity index (χ0n) is 18.4. The molecule has 1 rings (SSSR count). The molecule has 0 heterocycles. The number of ether oxygens (including phenoxy) is 1. The fourth-order valence-corrected chi connectivity index (χ4v) is 3.36. The molecule has 28 heavy (non-hydrogen) atoms. The molecule has 1 N–H and O–H groups in total. The Morgan fingerprint density at radius 3 is 2.07 bits per heavy atom. The molecule has 0 saturated carbocycles. The summed E-state index contributed by atoms with van der Waals surface area (Å²) in [6, 6.07) is 8.91. The van der Waals surface area contributed by atoms with Crippen molar-refractivity contribution < 1.29 is 18.8 Å². The number of carbonyl (C=O) groups excluding carboxylic acids is 2. The van der Waals surface area contributed by atoms with Gasteiger partial charge in [0.2, 0.25) is 5.91 Å². The minimum atomic E-state index is -0.728. The summed E-state index contributed by atoms with van der Waals surface area (Å²) in [6.07, 6.45) is 0.590. The summed E-state index contributed by atoms with van der Waals surface area (Å²) in [4.78, 5) is 25.4. The molecule has 1 aromatic rings. The highest BCUT2D eigenvalue weighted by Gasteiger charge is 2.30. The molecule has 0 aliphatic heterocycles. The molecule has 5 nitrogen and oxygen atoms in total. The highest BCUT2D eigenvalue weighted by Crippen LogP contribution is 2.19. The summed E-state index contributed by atoms with van der Waals surface area (Å²) in [5, 5.41) is 2.88. The zero-order valence-corrected chi connectivity index (χ0v) is 18.4. The van der Waals surface area contributed by atoms with Crippen molar-refractivity contribution in [1.29, 1.82) is 0 Å². The van der Waals surface area contributed by atoms with E-state index in [2.05, 4.69) is 32.7 Å². The van der Waals surface area contributed by atoms with Crippen LogP contribution < -0.4 is 5.32 Å². The summed E-state index contributed by atoms with van der Waals surface area (Å²) in [7, 11) is 0. The average molecular weight is 390 g/mol. The molecule has 0 fully saturated rings. The van der Waals surface area contributed by atoms with Gasteiger partial charge in [-0.05, 0) is 53.7 Å². The number of hydrogen-bond acceptors (Lipinski definition) is 3. The second-order valence-electron chi connectivity index (χ2n) is 8.18. The highest BCUT2D eigenvalue weighted by molar-refractivity contribution is 5.85. The van der Waals surface area contributed by atoms with E-state index >= 15 is 0 Å². The first-order valence-electron chi connectivity index (χ1n) is 10.2. The van der Waals surface area contributed by atoms with Gasteiger partial charge >= 0.3 is 5.97 Å². The fraction of sp³-hybridized carbons (Fsp3) is 0.565. The van der Waals surface area contributed by atoms with Gasteiger partial charge in [0.1, 0.15) is 23.8 Å². The third-order valence-corrected chi connectivity index (χ3v) is 5.16. The van der Waals surface area contributed by atoms with Gasteiger partial charge in [-0.25, -0.2) is 4.79 Å². The van der Waals surface area contributed by atoms with Crippen LogP contribution in [-0.2, 0) is 20.7 Å². The fourth-order valence-electron chi connectivity index (χ4n) is 3.36. The van der Waals surface area contributed by atoms with E-state index in [0.717, 1.165) is 30.9 Å². The van der Waals surface area contributed by atoms with E-state index < -0.39 is 17.6 Å². The lowest BCUT2D eigenvalue weighted by molar-refractivity contribution is -0.887. The molecular formula is C23H37N2O3+. The first kappa shape index (κ1) is 23.9. The lowest BCUT2D eigenvalue weighted by atomic mass is 10.0. The van der Waals surface area contributed by atoms with Crippen molar-refractivity contribution in [2.24, 2.45) is 0 Å². The predicted molar refractivity (Wildman–Crippen MR) is 114 cm³/mol. The van der Waals surface area contributed by atoms with Crippen molar-refractivity contribution >= 4 is 11.9 Å². The van der Waals surface area contributed by atoms with Crippen LogP contribution in [0.4, 0.5) is 0 Å². The van der Waals surface area contributed by atoms with Crippen LogP contribution in [0, 0.1) is 0 Å². The average Bonchev–Trinajstić information content (AvgIpc) is 2.62. The molecule has 0 aromatic heterocycles. The molecule has 1 aromatic carbocycles. The monoisotopic (exact) mass is 389 g/mol. The third kappa shape index (κ3) is 7.12. The highest BCUT2D eigenvalue weighted by atomic mass is 16.6. The zero-order chi connectivity index (χ0) is 21.4. The van der Waals surface area contributed by atoms with Crippen LogP contribution >= 0.6 is 0 Å². The van der Waals surface area contributed by atoms with Gasteiger partial charge in [0.05, 0.1) is 19.6 Å². The molecule has 1 amide bonds. The predicted octanol–water partition coefficient (Wildman–Crippen LogP) is 3.84. The van der Waals surface area contributed by atoms with Gasteiger partial charge < -0.3 is 10.1 Å². The Bertz CT molecular complexity index is 650. The number of quaternary nitrogens is 1. The van der Waals surface area contributed by atoms with Crippen molar-refractivity contribution in [3.63, 3.8) is 0 Å². The molecule has 0 aliphatic rings. The number of carbonyl (C=O) groups is 2. The number of rotatable bonds is 10. The molecule has 0 spiro atoms. The summed E-state index contributed by atoms with van der Waals surface area (Å²) in [5.41, 5.74) is 1.23. The Morgan fingerprint density at radius 2 is 1.61 bits per heavy atom. The summed E-state index contributed by atoms with van der Waals surface area (Å²) in [5.74, 6) is -0.618. The van der Waals surface area contributed by atoms with E-state index in [-0.39, 0.29) is 12.3 Å². The molecule has 0 saturated heterocycles. The van der Waals surface area contributed by atoms with Crippen molar-refractivity contribution in [2.45, 2.75) is 66.0 Å². The van der Waals surface area contributed by atoms with Gasteiger partial charge in [0.15, 0.2) is 0 Å². The number of hydrogen-bond donors (Lipinski definition) is 1. The Balaban J connectivity index is 2.91. The summed E-state index contributed by atoms with van der Waals surface area (Å²) in [6.45, 7) is 18.6.